The Morgan fingerprint density at radius 2 is 1.95 bits per heavy atom. The van der Waals surface area contributed by atoms with E-state index in [1.54, 1.807) is 6.07 Å². The van der Waals surface area contributed by atoms with Crippen molar-refractivity contribution in [3.05, 3.63) is 47.8 Å². The monoisotopic (exact) mass is 285 g/mol. The van der Waals surface area contributed by atoms with Gasteiger partial charge >= 0.3 is 0 Å². The Bertz CT molecular complexity index is 536. The van der Waals surface area contributed by atoms with Crippen molar-refractivity contribution in [2.45, 2.75) is 19.9 Å². The van der Waals surface area contributed by atoms with E-state index in [-0.39, 0.29) is 0 Å². The van der Waals surface area contributed by atoms with Crippen LogP contribution in [0.2, 0.25) is 0 Å². The van der Waals surface area contributed by atoms with Gasteiger partial charge in [0.2, 0.25) is 0 Å². The van der Waals surface area contributed by atoms with Gasteiger partial charge in [0, 0.05) is 19.2 Å². The van der Waals surface area contributed by atoms with E-state index in [1.165, 1.54) is 5.56 Å². The largest absolute Gasteiger partial charge is 0.384 e. The number of rotatable bonds is 7. The number of benzene rings is 1. The Kier molecular flexibility index (Phi) is 5.51. The summed E-state index contributed by atoms with van der Waals surface area (Å²) in [5.41, 5.74) is 7.04. The van der Waals surface area contributed by atoms with E-state index in [0.29, 0.717) is 11.6 Å². The van der Waals surface area contributed by atoms with Crippen LogP contribution in [-0.4, -0.2) is 35.0 Å². The first kappa shape index (κ1) is 15.3. The van der Waals surface area contributed by atoms with Gasteiger partial charge in [-0.1, -0.05) is 30.3 Å². The van der Waals surface area contributed by atoms with Gasteiger partial charge in [0.1, 0.15) is 17.5 Å². The summed E-state index contributed by atoms with van der Waals surface area (Å²) in [6.45, 7) is 4.71. The molecular weight excluding hydrogens is 262 g/mol. The maximum atomic E-state index is 5.70. The Hall–Kier alpha value is -2.14. The van der Waals surface area contributed by atoms with Crippen molar-refractivity contribution in [2.24, 2.45) is 0 Å². The van der Waals surface area contributed by atoms with E-state index >= 15 is 0 Å². The predicted molar refractivity (Wildman–Crippen MR) is 87.1 cm³/mol. The zero-order valence-electron chi connectivity index (χ0n) is 12.7. The second kappa shape index (κ2) is 7.59. The van der Waals surface area contributed by atoms with Crippen molar-refractivity contribution in [2.75, 3.05) is 31.2 Å². The van der Waals surface area contributed by atoms with Crippen LogP contribution in [0.15, 0.2) is 36.4 Å². The van der Waals surface area contributed by atoms with Gasteiger partial charge in [-0.2, -0.15) is 0 Å². The van der Waals surface area contributed by atoms with Crippen molar-refractivity contribution in [1.29, 1.82) is 0 Å². The number of nitrogens with one attached hydrogen (secondary N) is 1. The molecule has 0 atom stereocenters. The minimum atomic E-state index is 0.506. The van der Waals surface area contributed by atoms with Crippen molar-refractivity contribution < 1.29 is 0 Å². The highest BCUT2D eigenvalue weighted by Gasteiger charge is 2.01. The number of nitrogen functional groups attached to an aromatic ring is 1. The molecule has 0 amide bonds. The molecule has 1 aromatic carbocycles. The molecule has 2 aromatic rings. The Morgan fingerprint density at radius 3 is 2.67 bits per heavy atom. The molecule has 0 aliphatic carbocycles. The molecule has 0 fully saturated rings. The third kappa shape index (κ3) is 5.39. The molecule has 21 heavy (non-hydrogen) atoms. The fraction of sp³-hybridized carbons (Fsp3) is 0.375. The van der Waals surface area contributed by atoms with Crippen LogP contribution < -0.4 is 11.1 Å². The fourth-order valence-electron chi connectivity index (χ4n) is 2.22. The van der Waals surface area contributed by atoms with Gasteiger partial charge in [0.25, 0.3) is 0 Å². The Balaban J connectivity index is 1.69. The Morgan fingerprint density at radius 1 is 1.19 bits per heavy atom. The van der Waals surface area contributed by atoms with Gasteiger partial charge in [-0.25, -0.2) is 9.97 Å². The minimum Gasteiger partial charge on any atom is -0.384 e. The lowest BCUT2D eigenvalue weighted by atomic mass is 10.2. The highest BCUT2D eigenvalue weighted by atomic mass is 15.1. The number of aromatic nitrogens is 2. The maximum Gasteiger partial charge on any atom is 0.131 e. The average Bonchev–Trinajstić information content (AvgIpc) is 2.44. The molecule has 0 saturated carbocycles. The smallest absolute Gasteiger partial charge is 0.131 e. The molecule has 0 saturated heterocycles. The van der Waals surface area contributed by atoms with Crippen molar-refractivity contribution in [3.8, 4) is 0 Å². The summed E-state index contributed by atoms with van der Waals surface area (Å²) in [6.07, 6.45) is 1.05. The summed E-state index contributed by atoms with van der Waals surface area (Å²) in [4.78, 5) is 10.7. The molecule has 0 aliphatic rings. The molecule has 5 nitrogen and oxygen atoms in total. The molecule has 0 bridgehead atoms. The zero-order chi connectivity index (χ0) is 15.1. The normalized spacial score (nSPS) is 10.8. The van der Waals surface area contributed by atoms with Crippen molar-refractivity contribution >= 4 is 11.6 Å². The van der Waals surface area contributed by atoms with Crippen LogP contribution in [0.25, 0.3) is 0 Å². The second-order valence-corrected chi connectivity index (χ2v) is 5.23. The van der Waals surface area contributed by atoms with Crippen LogP contribution in [0.1, 0.15) is 17.8 Å². The summed E-state index contributed by atoms with van der Waals surface area (Å²) in [6, 6.07) is 12.3. The van der Waals surface area contributed by atoms with Crippen LogP contribution in [0.3, 0.4) is 0 Å². The lowest BCUT2D eigenvalue weighted by molar-refractivity contribution is 0.325. The summed E-state index contributed by atoms with van der Waals surface area (Å²) in [7, 11) is 2.14. The quantitative estimate of drug-likeness (QED) is 0.764. The summed E-state index contributed by atoms with van der Waals surface area (Å²) in [5, 5.41) is 3.29. The lowest BCUT2D eigenvalue weighted by Gasteiger charge is -2.17. The Labute approximate surface area is 126 Å². The molecule has 0 radical (unpaired) electrons. The summed E-state index contributed by atoms with van der Waals surface area (Å²) >= 11 is 0. The van der Waals surface area contributed by atoms with Crippen LogP contribution in [0, 0.1) is 6.92 Å². The number of hydrogen-bond acceptors (Lipinski definition) is 5. The summed E-state index contributed by atoms with van der Waals surface area (Å²) in [5.74, 6) is 2.00. The highest BCUT2D eigenvalue weighted by molar-refractivity contribution is 5.44. The number of anilines is 2. The van der Waals surface area contributed by atoms with E-state index in [1.807, 2.05) is 13.0 Å². The van der Waals surface area contributed by atoms with Gasteiger partial charge in [0.15, 0.2) is 0 Å². The van der Waals surface area contributed by atoms with Crippen LogP contribution in [0.4, 0.5) is 11.6 Å². The first-order chi connectivity index (χ1) is 10.1. The highest BCUT2D eigenvalue weighted by Crippen LogP contribution is 2.08. The molecule has 0 unspecified atom stereocenters. The van der Waals surface area contributed by atoms with E-state index in [4.69, 9.17) is 5.73 Å². The van der Waals surface area contributed by atoms with E-state index in [0.717, 1.165) is 31.9 Å². The van der Waals surface area contributed by atoms with Gasteiger partial charge in [-0.15, -0.1) is 0 Å². The maximum absolute atomic E-state index is 5.70. The van der Waals surface area contributed by atoms with Gasteiger partial charge in [0.05, 0.1) is 0 Å². The zero-order valence-corrected chi connectivity index (χ0v) is 12.7. The molecule has 2 rings (SSSR count). The van der Waals surface area contributed by atoms with E-state index in [2.05, 4.69) is 51.5 Å². The molecule has 112 valence electrons. The first-order valence-electron chi connectivity index (χ1n) is 7.21. The SMILES string of the molecule is Cc1nc(N)cc(NCCCN(C)Cc2ccccc2)n1. The molecule has 1 heterocycles. The number of nitrogens with two attached hydrogens (primary N) is 1. The predicted octanol–water partition coefficient (Wildman–Crippen LogP) is 2.30. The second-order valence-electron chi connectivity index (χ2n) is 5.23. The van der Waals surface area contributed by atoms with Gasteiger partial charge in [-0.05, 0) is 32.5 Å². The molecule has 1 aromatic heterocycles. The lowest BCUT2D eigenvalue weighted by Crippen LogP contribution is -2.21. The van der Waals surface area contributed by atoms with E-state index in [9.17, 15) is 0 Å². The van der Waals surface area contributed by atoms with Crippen LogP contribution in [0.5, 0.6) is 0 Å². The molecule has 0 aliphatic heterocycles. The topological polar surface area (TPSA) is 67.1 Å². The van der Waals surface area contributed by atoms with Crippen LogP contribution >= 0.6 is 0 Å². The third-order valence-electron chi connectivity index (χ3n) is 3.18. The van der Waals surface area contributed by atoms with Crippen molar-refractivity contribution in [3.63, 3.8) is 0 Å². The average molecular weight is 285 g/mol. The third-order valence-corrected chi connectivity index (χ3v) is 3.18. The standard InChI is InChI=1S/C16H23N5/c1-13-19-15(17)11-16(20-13)18-9-6-10-21(2)12-14-7-4-3-5-8-14/h3-5,7-8,11H,6,9-10,12H2,1-2H3,(H3,17,18,19,20). The molecule has 5 heteroatoms. The van der Waals surface area contributed by atoms with E-state index < -0.39 is 0 Å². The van der Waals surface area contributed by atoms with Gasteiger partial charge < -0.3 is 16.0 Å². The van der Waals surface area contributed by atoms with Gasteiger partial charge in [-0.3, -0.25) is 0 Å². The number of nitrogens with zero attached hydrogens (tertiary/aromatic N) is 3. The first-order valence-corrected chi connectivity index (χ1v) is 7.21. The van der Waals surface area contributed by atoms with Crippen LogP contribution in [-0.2, 0) is 6.54 Å². The molecule has 0 spiro atoms. The number of aryl methyl sites for hydroxylation is 1. The number of hydrogen-bond donors (Lipinski definition) is 2. The molecule has 3 N–H and O–H groups in total. The molecular formula is C16H23N5. The minimum absolute atomic E-state index is 0.506. The summed E-state index contributed by atoms with van der Waals surface area (Å²) < 4.78 is 0. The van der Waals surface area contributed by atoms with Crippen molar-refractivity contribution in [1.82, 2.24) is 14.9 Å². The fourth-order valence-corrected chi connectivity index (χ4v) is 2.22.